The van der Waals surface area contributed by atoms with Gasteiger partial charge in [-0.3, -0.25) is 14.4 Å². The number of anilines is 1. The Kier molecular flexibility index (Phi) is 5.75. The fourth-order valence-corrected chi connectivity index (χ4v) is 4.83. The molecular weight excluding hydrogens is 360 g/mol. The van der Waals surface area contributed by atoms with E-state index in [2.05, 4.69) is 12.2 Å². The van der Waals surface area contributed by atoms with Gasteiger partial charge in [-0.1, -0.05) is 36.8 Å². The molecule has 1 aliphatic rings. The van der Waals surface area contributed by atoms with E-state index in [-0.39, 0.29) is 24.5 Å². The van der Waals surface area contributed by atoms with E-state index in [0.717, 1.165) is 35.3 Å². The molecule has 2 aromatic rings. The third-order valence-electron chi connectivity index (χ3n) is 4.96. The van der Waals surface area contributed by atoms with E-state index >= 15 is 0 Å². The van der Waals surface area contributed by atoms with Crippen molar-refractivity contribution in [3.8, 4) is 0 Å². The average molecular weight is 385 g/mol. The number of rotatable bonds is 6. The molecule has 0 radical (unpaired) electrons. The highest BCUT2D eigenvalue weighted by Crippen LogP contribution is 2.39. The molecule has 142 valence electrons. The van der Waals surface area contributed by atoms with Crippen LogP contribution in [0.25, 0.3) is 0 Å². The zero-order chi connectivity index (χ0) is 19.6. The quantitative estimate of drug-likeness (QED) is 0.741. The lowest BCUT2D eigenvalue weighted by Crippen LogP contribution is -2.19. The molecule has 2 amide bonds. The zero-order valence-corrected chi connectivity index (χ0v) is 16.4. The number of hydrogen-bond acceptors (Lipinski definition) is 4. The van der Waals surface area contributed by atoms with Gasteiger partial charge in [0.05, 0.1) is 5.56 Å². The number of benzene rings is 1. The summed E-state index contributed by atoms with van der Waals surface area (Å²) in [6.07, 6.45) is 2.93. The van der Waals surface area contributed by atoms with Gasteiger partial charge in [-0.2, -0.15) is 0 Å². The van der Waals surface area contributed by atoms with Crippen LogP contribution in [0.5, 0.6) is 0 Å². The van der Waals surface area contributed by atoms with Crippen molar-refractivity contribution in [3.63, 3.8) is 0 Å². The average Bonchev–Trinajstić information content (AvgIpc) is 2.97. The summed E-state index contributed by atoms with van der Waals surface area (Å²) in [6, 6.07) is 7.30. The smallest absolute Gasteiger partial charge is 0.251 e. The van der Waals surface area contributed by atoms with Crippen LogP contribution in [0, 0.1) is 12.8 Å². The molecular formula is C21H24N2O3S. The standard InChI is InChI=1S/C21H24N2O3S/c1-12-3-6-14(7-4-12)16(24)9-10-18(25)23-21-19(20(22)26)15-8-5-13(2)11-17(15)27-21/h3-4,6-7,13H,5,8-11H2,1-2H3,(H2,22,26)(H,23,25). The zero-order valence-electron chi connectivity index (χ0n) is 15.6. The Morgan fingerprint density at radius 1 is 1.19 bits per heavy atom. The van der Waals surface area contributed by atoms with Crippen LogP contribution in [-0.2, 0) is 17.6 Å². The van der Waals surface area contributed by atoms with Gasteiger partial charge in [0.25, 0.3) is 5.91 Å². The number of primary amides is 1. The van der Waals surface area contributed by atoms with Crippen LogP contribution >= 0.6 is 11.3 Å². The highest BCUT2D eigenvalue weighted by Gasteiger charge is 2.27. The molecule has 0 spiro atoms. The maximum atomic E-state index is 12.3. The van der Waals surface area contributed by atoms with Crippen molar-refractivity contribution < 1.29 is 14.4 Å². The van der Waals surface area contributed by atoms with Crippen molar-refractivity contribution in [2.45, 2.75) is 46.0 Å². The molecule has 6 heteroatoms. The third kappa shape index (κ3) is 4.45. The first-order chi connectivity index (χ1) is 12.8. The lowest BCUT2D eigenvalue weighted by molar-refractivity contribution is -0.116. The summed E-state index contributed by atoms with van der Waals surface area (Å²) >= 11 is 1.44. The summed E-state index contributed by atoms with van der Waals surface area (Å²) in [7, 11) is 0. The minimum absolute atomic E-state index is 0.0698. The Morgan fingerprint density at radius 2 is 1.89 bits per heavy atom. The fraction of sp³-hybridized carbons (Fsp3) is 0.381. The van der Waals surface area contributed by atoms with E-state index in [1.165, 1.54) is 11.3 Å². The number of nitrogens with two attached hydrogens (primary N) is 1. The van der Waals surface area contributed by atoms with Gasteiger partial charge < -0.3 is 11.1 Å². The summed E-state index contributed by atoms with van der Waals surface area (Å²) in [5.41, 5.74) is 8.68. The van der Waals surface area contributed by atoms with E-state index in [1.807, 2.05) is 19.1 Å². The molecule has 1 aromatic carbocycles. The van der Waals surface area contributed by atoms with Gasteiger partial charge >= 0.3 is 0 Å². The number of carbonyl (C=O) groups excluding carboxylic acids is 3. The summed E-state index contributed by atoms with van der Waals surface area (Å²) in [5, 5.41) is 3.33. The molecule has 1 aromatic heterocycles. The Labute approximate surface area is 163 Å². The highest BCUT2D eigenvalue weighted by molar-refractivity contribution is 7.17. The second-order valence-corrected chi connectivity index (χ2v) is 8.36. The first-order valence-electron chi connectivity index (χ1n) is 9.19. The molecule has 3 N–H and O–H groups in total. The van der Waals surface area contributed by atoms with Crippen molar-refractivity contribution in [2.24, 2.45) is 11.7 Å². The van der Waals surface area contributed by atoms with Crippen LogP contribution in [0.15, 0.2) is 24.3 Å². The maximum Gasteiger partial charge on any atom is 0.251 e. The van der Waals surface area contributed by atoms with E-state index in [9.17, 15) is 14.4 Å². The van der Waals surface area contributed by atoms with Crippen LogP contribution in [0.1, 0.15) is 62.9 Å². The highest BCUT2D eigenvalue weighted by atomic mass is 32.1. The number of Topliss-reactive ketones (excluding diaryl/α,β-unsaturated/α-hetero) is 1. The summed E-state index contributed by atoms with van der Waals surface area (Å²) < 4.78 is 0. The third-order valence-corrected chi connectivity index (χ3v) is 6.13. The summed E-state index contributed by atoms with van der Waals surface area (Å²) in [4.78, 5) is 37.6. The lowest BCUT2D eigenvalue weighted by Gasteiger charge is -2.18. The molecule has 5 nitrogen and oxygen atoms in total. The number of carbonyl (C=O) groups is 3. The molecule has 0 aliphatic heterocycles. The van der Waals surface area contributed by atoms with Gasteiger partial charge in [0, 0.05) is 23.3 Å². The number of fused-ring (bicyclic) bond motifs is 1. The topological polar surface area (TPSA) is 89.3 Å². The van der Waals surface area contributed by atoms with Crippen LogP contribution in [0.4, 0.5) is 5.00 Å². The number of thiophene rings is 1. The van der Waals surface area contributed by atoms with Gasteiger partial charge in [0.2, 0.25) is 5.91 Å². The predicted molar refractivity (Wildman–Crippen MR) is 107 cm³/mol. The molecule has 1 aliphatic carbocycles. The molecule has 0 saturated carbocycles. The second kappa shape index (κ2) is 8.05. The van der Waals surface area contributed by atoms with E-state index < -0.39 is 5.91 Å². The van der Waals surface area contributed by atoms with Crippen molar-refractivity contribution in [2.75, 3.05) is 5.32 Å². The number of ketones is 1. The van der Waals surface area contributed by atoms with Crippen molar-refractivity contribution in [1.29, 1.82) is 0 Å². The summed E-state index contributed by atoms with van der Waals surface area (Å²) in [6.45, 7) is 4.14. The normalized spacial score (nSPS) is 15.9. The van der Waals surface area contributed by atoms with Gasteiger partial charge in [-0.05, 0) is 37.7 Å². The van der Waals surface area contributed by atoms with Crippen LogP contribution in [0.2, 0.25) is 0 Å². The van der Waals surface area contributed by atoms with Gasteiger partial charge in [0.15, 0.2) is 5.78 Å². The number of aryl methyl sites for hydroxylation is 1. The van der Waals surface area contributed by atoms with Gasteiger partial charge in [0.1, 0.15) is 5.00 Å². The Morgan fingerprint density at radius 3 is 2.56 bits per heavy atom. The van der Waals surface area contributed by atoms with E-state index in [4.69, 9.17) is 5.73 Å². The predicted octanol–water partition coefficient (Wildman–Crippen LogP) is 3.88. The minimum atomic E-state index is -0.506. The monoisotopic (exact) mass is 384 g/mol. The van der Waals surface area contributed by atoms with Gasteiger partial charge in [-0.25, -0.2) is 0 Å². The molecule has 0 bridgehead atoms. The van der Waals surface area contributed by atoms with Crippen molar-refractivity contribution in [3.05, 3.63) is 51.4 Å². The maximum absolute atomic E-state index is 12.3. The second-order valence-electron chi connectivity index (χ2n) is 7.26. The molecule has 1 unspecified atom stereocenters. The van der Waals surface area contributed by atoms with E-state index in [0.29, 0.717) is 22.0 Å². The number of amides is 2. The Balaban J connectivity index is 1.66. The molecule has 0 saturated heterocycles. The van der Waals surface area contributed by atoms with Crippen molar-refractivity contribution >= 4 is 33.9 Å². The Bertz CT molecular complexity index is 884. The van der Waals surface area contributed by atoms with Gasteiger partial charge in [-0.15, -0.1) is 11.3 Å². The molecule has 27 heavy (non-hydrogen) atoms. The molecule has 1 heterocycles. The van der Waals surface area contributed by atoms with Crippen LogP contribution < -0.4 is 11.1 Å². The minimum Gasteiger partial charge on any atom is -0.365 e. The van der Waals surface area contributed by atoms with Crippen LogP contribution in [-0.4, -0.2) is 17.6 Å². The first kappa shape index (κ1) is 19.3. The van der Waals surface area contributed by atoms with E-state index in [1.54, 1.807) is 12.1 Å². The first-order valence-corrected chi connectivity index (χ1v) is 10.0. The lowest BCUT2D eigenvalue weighted by atomic mass is 9.88. The molecule has 1 atom stereocenters. The SMILES string of the molecule is Cc1ccc(C(=O)CCC(=O)Nc2sc3c(c2C(N)=O)CCC(C)C3)cc1. The summed E-state index contributed by atoms with van der Waals surface area (Å²) in [5.74, 6) is -0.287. The number of hydrogen-bond donors (Lipinski definition) is 2. The number of nitrogens with one attached hydrogen (secondary N) is 1. The largest absolute Gasteiger partial charge is 0.365 e. The molecule has 0 fully saturated rings. The van der Waals surface area contributed by atoms with Crippen LogP contribution in [0.3, 0.4) is 0 Å². The fourth-order valence-electron chi connectivity index (χ4n) is 3.40. The van der Waals surface area contributed by atoms with Crippen molar-refractivity contribution in [1.82, 2.24) is 0 Å². The molecule has 3 rings (SSSR count). The Hall–Kier alpha value is -2.47.